The number of benzene rings is 5. The summed E-state index contributed by atoms with van der Waals surface area (Å²) >= 11 is 0. The molecule has 6 aromatic rings. The van der Waals surface area contributed by atoms with Gasteiger partial charge >= 0.3 is 16.8 Å². The Morgan fingerprint density at radius 1 is 0.446 bits per heavy atom. The third kappa shape index (κ3) is 7.56. The zero-order valence-corrected chi connectivity index (χ0v) is 37.2. The lowest BCUT2D eigenvalue weighted by Gasteiger charge is -2.35. The largest absolute Gasteiger partial charge is 0.530 e. The summed E-state index contributed by atoms with van der Waals surface area (Å²) < 4.78 is 40.7. The monoisotopic (exact) mass is 790 g/mol. The summed E-state index contributed by atoms with van der Waals surface area (Å²) in [4.78, 5) is 0. The van der Waals surface area contributed by atoms with Crippen molar-refractivity contribution in [3.63, 3.8) is 0 Å². The van der Waals surface area contributed by atoms with E-state index < -0.39 is 16.8 Å². The van der Waals surface area contributed by atoms with E-state index in [9.17, 15) is 0 Å². The van der Waals surface area contributed by atoms with Crippen LogP contribution in [0, 0.1) is 13.8 Å². The maximum atomic E-state index is 7.33. The highest BCUT2D eigenvalue weighted by Gasteiger charge is 2.39. The lowest BCUT2D eigenvalue weighted by atomic mass is 9.72. The highest BCUT2D eigenvalue weighted by molar-refractivity contribution is 7.43. The van der Waals surface area contributed by atoms with Crippen molar-refractivity contribution in [1.29, 1.82) is 0 Å². The van der Waals surface area contributed by atoms with E-state index in [4.69, 9.17) is 26.5 Å². The first-order chi connectivity index (χ1) is 26.1. The molecule has 0 N–H and O–H groups in total. The van der Waals surface area contributed by atoms with Gasteiger partial charge in [0.05, 0.1) is 0 Å². The molecule has 1 aliphatic heterocycles. The molecule has 56 heavy (non-hydrogen) atoms. The summed E-state index contributed by atoms with van der Waals surface area (Å²) in [5, 5.41) is 1.93. The molecule has 294 valence electrons. The van der Waals surface area contributed by atoms with Crippen molar-refractivity contribution in [3.8, 4) is 34.1 Å². The molecule has 0 amide bonds. The Kier molecular flexibility index (Phi) is 10.1. The lowest BCUT2D eigenvalue weighted by Crippen LogP contribution is -2.22. The SMILES string of the molecule is Cc1c(C(C)(C)C)cc(C(C)(C)C)c(OP2Oc3ccccc3O2)c1-c1c(C)c(C(C)(C)C)cc(C(C)(C)C)c1Op1oc2ccccc2c2ccccc2o1. The van der Waals surface area contributed by atoms with Crippen molar-refractivity contribution in [2.75, 3.05) is 0 Å². The van der Waals surface area contributed by atoms with Gasteiger partial charge in [-0.3, -0.25) is 0 Å². The van der Waals surface area contributed by atoms with Crippen LogP contribution in [0.15, 0.2) is 93.3 Å². The molecule has 2 heterocycles. The normalized spacial score (nSPS) is 13.8. The Morgan fingerprint density at radius 3 is 1.20 bits per heavy atom. The maximum absolute atomic E-state index is 7.33. The average Bonchev–Trinajstić information content (AvgIpc) is 3.42. The van der Waals surface area contributed by atoms with Crippen molar-refractivity contribution in [2.24, 2.45) is 0 Å². The summed E-state index contributed by atoms with van der Waals surface area (Å²) in [5.41, 5.74) is 9.12. The first kappa shape index (κ1) is 39.8. The molecule has 0 bridgehead atoms. The Bertz CT molecular complexity index is 2420. The van der Waals surface area contributed by atoms with Gasteiger partial charge < -0.3 is 26.5 Å². The molecule has 0 aliphatic carbocycles. The van der Waals surface area contributed by atoms with Gasteiger partial charge in [0.25, 0.3) is 0 Å². The maximum Gasteiger partial charge on any atom is 0.530 e. The van der Waals surface area contributed by atoms with Gasteiger partial charge in [-0.1, -0.05) is 144 Å². The van der Waals surface area contributed by atoms with Gasteiger partial charge in [0.1, 0.15) is 22.7 Å². The van der Waals surface area contributed by atoms with Crippen LogP contribution in [0.5, 0.6) is 23.0 Å². The zero-order valence-electron chi connectivity index (χ0n) is 35.4. The third-order valence-corrected chi connectivity index (χ3v) is 12.5. The van der Waals surface area contributed by atoms with E-state index in [0.29, 0.717) is 28.4 Å². The van der Waals surface area contributed by atoms with Crippen LogP contribution in [0.1, 0.15) is 116 Å². The van der Waals surface area contributed by atoms with Crippen molar-refractivity contribution in [1.82, 2.24) is 0 Å². The van der Waals surface area contributed by atoms with Crippen molar-refractivity contribution in [3.05, 3.63) is 118 Å². The molecule has 0 radical (unpaired) electrons. The molecule has 0 fully saturated rings. The van der Waals surface area contributed by atoms with Crippen LogP contribution in [0.25, 0.3) is 33.1 Å². The zero-order chi connectivity index (χ0) is 40.5. The van der Waals surface area contributed by atoms with Crippen LogP contribution in [-0.2, 0) is 21.7 Å². The number of hydrogen-bond donors (Lipinski definition) is 0. The van der Waals surface area contributed by atoms with Gasteiger partial charge in [-0.15, -0.1) is 0 Å². The van der Waals surface area contributed by atoms with Crippen molar-refractivity contribution >= 4 is 38.8 Å². The van der Waals surface area contributed by atoms with Gasteiger partial charge in [-0.05, 0) is 82.0 Å². The Morgan fingerprint density at radius 2 is 0.804 bits per heavy atom. The van der Waals surface area contributed by atoms with E-state index in [1.54, 1.807) is 0 Å². The fraction of sp³-hybridized carbons (Fsp3) is 0.375. The second-order valence-corrected chi connectivity index (χ2v) is 21.0. The summed E-state index contributed by atoms with van der Waals surface area (Å²) in [6, 6.07) is 28.5. The first-order valence-corrected chi connectivity index (χ1v) is 21.6. The van der Waals surface area contributed by atoms with Crippen LogP contribution in [0.4, 0.5) is 0 Å². The molecule has 0 spiro atoms. The third-order valence-electron chi connectivity index (χ3n) is 10.5. The van der Waals surface area contributed by atoms with Crippen LogP contribution in [0.3, 0.4) is 0 Å². The van der Waals surface area contributed by atoms with E-state index in [1.807, 2.05) is 60.7 Å². The van der Waals surface area contributed by atoms with E-state index in [1.165, 1.54) is 11.1 Å². The minimum absolute atomic E-state index is 0.187. The molecule has 0 atom stereocenters. The van der Waals surface area contributed by atoms with E-state index in [0.717, 1.165) is 49.9 Å². The quantitative estimate of drug-likeness (QED) is 0.162. The minimum atomic E-state index is -1.98. The van der Waals surface area contributed by atoms with Gasteiger partial charge in [-0.2, -0.15) is 0 Å². The lowest BCUT2D eigenvalue weighted by molar-refractivity contribution is 0.424. The van der Waals surface area contributed by atoms with Crippen LogP contribution in [0.2, 0.25) is 0 Å². The summed E-state index contributed by atoms with van der Waals surface area (Å²) in [6.07, 6.45) is 0. The molecule has 0 saturated heterocycles. The van der Waals surface area contributed by atoms with Crippen LogP contribution >= 0.6 is 16.8 Å². The highest BCUT2D eigenvalue weighted by atomic mass is 31.2. The summed E-state index contributed by atoms with van der Waals surface area (Å²) in [7, 11) is -3.79. The molecule has 1 aliphatic rings. The van der Waals surface area contributed by atoms with Gasteiger partial charge in [0.15, 0.2) is 11.5 Å². The van der Waals surface area contributed by atoms with Gasteiger partial charge in [0, 0.05) is 33.0 Å². The second kappa shape index (κ2) is 14.2. The summed E-state index contributed by atoms with van der Waals surface area (Å²) in [5.74, 6) is 2.80. The van der Waals surface area contributed by atoms with E-state index >= 15 is 0 Å². The predicted molar refractivity (Wildman–Crippen MR) is 234 cm³/mol. The fourth-order valence-corrected chi connectivity index (χ4v) is 9.86. The number of hydrogen-bond acceptors (Lipinski definition) is 6. The topological polar surface area (TPSA) is 63.2 Å². The smallest absolute Gasteiger partial charge is 0.408 e. The number of rotatable bonds is 5. The summed E-state index contributed by atoms with van der Waals surface area (Å²) in [6.45, 7) is 31.5. The molecule has 0 saturated carbocycles. The number of fused-ring (bicyclic) bond motifs is 4. The molecular weight excluding hydrogens is 734 g/mol. The first-order valence-electron chi connectivity index (χ1n) is 19.5. The Hall–Kier alpha value is -4.37. The van der Waals surface area contributed by atoms with Crippen molar-refractivity contribution in [2.45, 2.75) is 119 Å². The predicted octanol–water partition coefficient (Wildman–Crippen LogP) is 15.7. The van der Waals surface area contributed by atoms with E-state index in [-0.39, 0.29) is 21.7 Å². The second-order valence-electron chi connectivity index (χ2n) is 19.0. The molecule has 5 aromatic carbocycles. The van der Waals surface area contributed by atoms with Crippen LogP contribution < -0.4 is 18.1 Å². The van der Waals surface area contributed by atoms with Gasteiger partial charge in [-0.25, -0.2) is 0 Å². The standard InChI is InChI=1S/C48H56O6P2/c1-29-33(45(3,4)5)27-35(47(9,10)11)43(53-55-49-37-23-17-15-21-31(37)32-22-16-18-24-38(32)50-55)41(29)42-30(2)34(46(6,7)8)28-36(48(12,13)14)44(42)54-56-51-39-25-19-20-26-40(39)52-56/h15-28H,1-14H3. The van der Waals surface area contributed by atoms with Crippen LogP contribution in [-0.4, -0.2) is 0 Å². The fourth-order valence-electron chi connectivity index (χ4n) is 7.70. The molecule has 6 nitrogen and oxygen atoms in total. The molecule has 7 rings (SSSR count). The Balaban J connectivity index is 1.62. The molecule has 8 heteroatoms. The van der Waals surface area contributed by atoms with Gasteiger partial charge in [0.2, 0.25) is 0 Å². The molecular formula is C48H56O6P2. The minimum Gasteiger partial charge on any atom is -0.408 e. The average molecular weight is 791 g/mol. The number of para-hydroxylation sites is 4. The molecule has 1 aromatic heterocycles. The van der Waals surface area contributed by atoms with Crippen molar-refractivity contribution < 1.29 is 26.5 Å². The highest BCUT2D eigenvalue weighted by Crippen LogP contribution is 2.59. The van der Waals surface area contributed by atoms with E-state index in [2.05, 4.69) is 121 Å². The molecule has 0 unspecified atom stereocenters. The Labute approximate surface area is 335 Å².